The van der Waals surface area contributed by atoms with Crippen molar-refractivity contribution >= 4 is 11.6 Å². The summed E-state index contributed by atoms with van der Waals surface area (Å²) in [4.78, 5) is 18.9. The van der Waals surface area contributed by atoms with Gasteiger partial charge in [-0.2, -0.15) is 4.98 Å². The molecule has 1 fully saturated rings. The van der Waals surface area contributed by atoms with E-state index in [1.807, 2.05) is 36.1 Å². The zero-order valence-corrected chi connectivity index (χ0v) is 15.9. The highest BCUT2D eigenvalue weighted by Gasteiger charge is 2.34. The van der Waals surface area contributed by atoms with Gasteiger partial charge >= 0.3 is 0 Å². The average Bonchev–Trinajstić information content (AvgIpc) is 3.29. The number of carbonyl (C=O) groups excluding carboxylic acids is 1. The molecule has 5 heteroatoms. The molecule has 0 spiro atoms. The lowest BCUT2D eigenvalue weighted by molar-refractivity contribution is -0.117. The SMILES string of the molecule is CCc1ccc(N2CC(c3noc(-c4ccc(C)cc4C)n3)CC2=O)cc1. The van der Waals surface area contributed by atoms with E-state index in [4.69, 9.17) is 4.52 Å². The maximum atomic E-state index is 12.5. The highest BCUT2D eigenvalue weighted by molar-refractivity contribution is 5.96. The zero-order valence-electron chi connectivity index (χ0n) is 15.9. The van der Waals surface area contributed by atoms with Gasteiger partial charge in [-0.05, 0) is 49.6 Å². The third-order valence-electron chi connectivity index (χ3n) is 5.20. The number of nitrogens with zero attached hydrogens (tertiary/aromatic N) is 3. The number of benzene rings is 2. The average molecular weight is 361 g/mol. The molecule has 0 aliphatic carbocycles. The Hall–Kier alpha value is -2.95. The van der Waals surface area contributed by atoms with Crippen molar-refractivity contribution in [3.8, 4) is 11.5 Å². The summed E-state index contributed by atoms with van der Waals surface area (Å²) in [5.41, 5.74) is 5.43. The molecule has 3 aromatic rings. The molecule has 2 heterocycles. The van der Waals surface area contributed by atoms with Gasteiger partial charge in [-0.3, -0.25) is 4.79 Å². The van der Waals surface area contributed by atoms with E-state index in [-0.39, 0.29) is 11.8 Å². The van der Waals surface area contributed by atoms with Crippen LogP contribution in [0, 0.1) is 13.8 Å². The number of amides is 1. The molecular weight excluding hydrogens is 338 g/mol. The van der Waals surface area contributed by atoms with Crippen LogP contribution in [0.1, 0.15) is 41.8 Å². The van der Waals surface area contributed by atoms with Crippen molar-refractivity contribution in [2.24, 2.45) is 0 Å². The monoisotopic (exact) mass is 361 g/mol. The third kappa shape index (κ3) is 3.37. The maximum Gasteiger partial charge on any atom is 0.258 e. The van der Waals surface area contributed by atoms with Crippen LogP contribution < -0.4 is 4.90 Å². The predicted molar refractivity (Wildman–Crippen MR) is 105 cm³/mol. The molecule has 0 bridgehead atoms. The Labute approximate surface area is 159 Å². The van der Waals surface area contributed by atoms with Crippen LogP contribution in [0.2, 0.25) is 0 Å². The first kappa shape index (κ1) is 17.5. The van der Waals surface area contributed by atoms with Gasteiger partial charge in [0.25, 0.3) is 5.89 Å². The zero-order chi connectivity index (χ0) is 19.0. The Balaban J connectivity index is 1.54. The summed E-state index contributed by atoms with van der Waals surface area (Å²) in [5.74, 6) is 1.17. The molecule has 1 saturated heterocycles. The highest BCUT2D eigenvalue weighted by Crippen LogP contribution is 2.32. The Morgan fingerprint density at radius 3 is 2.63 bits per heavy atom. The van der Waals surface area contributed by atoms with Gasteiger partial charge < -0.3 is 9.42 Å². The van der Waals surface area contributed by atoms with E-state index < -0.39 is 0 Å². The first-order chi connectivity index (χ1) is 13.0. The number of carbonyl (C=O) groups is 1. The molecule has 0 radical (unpaired) electrons. The second kappa shape index (κ2) is 6.99. The van der Waals surface area contributed by atoms with Crippen LogP contribution in [0.4, 0.5) is 5.69 Å². The molecule has 2 aromatic carbocycles. The number of aryl methyl sites for hydroxylation is 3. The van der Waals surface area contributed by atoms with Gasteiger partial charge in [-0.1, -0.05) is 41.9 Å². The minimum absolute atomic E-state index is 0.0494. The second-order valence-corrected chi connectivity index (χ2v) is 7.20. The number of anilines is 1. The van der Waals surface area contributed by atoms with Crippen molar-refractivity contribution in [1.82, 2.24) is 10.1 Å². The van der Waals surface area contributed by atoms with Crippen molar-refractivity contribution < 1.29 is 9.32 Å². The molecule has 1 aliphatic heterocycles. The highest BCUT2D eigenvalue weighted by atomic mass is 16.5. The lowest BCUT2D eigenvalue weighted by atomic mass is 10.1. The summed E-state index contributed by atoms with van der Waals surface area (Å²) in [5, 5.41) is 4.16. The Morgan fingerprint density at radius 2 is 1.93 bits per heavy atom. The fourth-order valence-electron chi connectivity index (χ4n) is 3.61. The number of rotatable bonds is 4. The normalized spacial score (nSPS) is 16.9. The van der Waals surface area contributed by atoms with E-state index >= 15 is 0 Å². The third-order valence-corrected chi connectivity index (χ3v) is 5.20. The van der Waals surface area contributed by atoms with Crippen molar-refractivity contribution in [2.75, 3.05) is 11.4 Å². The largest absolute Gasteiger partial charge is 0.334 e. The lowest BCUT2D eigenvalue weighted by Gasteiger charge is -2.16. The van der Waals surface area contributed by atoms with Crippen LogP contribution in [0.15, 0.2) is 47.0 Å². The van der Waals surface area contributed by atoms with Gasteiger partial charge in [-0.25, -0.2) is 0 Å². The molecule has 0 saturated carbocycles. The van der Waals surface area contributed by atoms with Crippen LogP contribution in [0.25, 0.3) is 11.5 Å². The van der Waals surface area contributed by atoms with Crippen molar-refractivity contribution in [3.63, 3.8) is 0 Å². The smallest absolute Gasteiger partial charge is 0.258 e. The molecule has 1 aliphatic rings. The van der Waals surface area contributed by atoms with Crippen LogP contribution >= 0.6 is 0 Å². The van der Waals surface area contributed by atoms with Crippen molar-refractivity contribution in [2.45, 2.75) is 39.5 Å². The summed E-state index contributed by atoms with van der Waals surface area (Å²) < 4.78 is 5.50. The predicted octanol–water partition coefficient (Wildman–Crippen LogP) is 4.44. The summed E-state index contributed by atoms with van der Waals surface area (Å²) >= 11 is 0. The first-order valence-electron chi connectivity index (χ1n) is 9.35. The molecule has 1 atom stereocenters. The molecule has 1 unspecified atom stereocenters. The first-order valence-corrected chi connectivity index (χ1v) is 9.35. The molecule has 5 nitrogen and oxygen atoms in total. The Kier molecular flexibility index (Phi) is 4.52. The number of hydrogen-bond donors (Lipinski definition) is 0. The fraction of sp³-hybridized carbons (Fsp3) is 0.318. The second-order valence-electron chi connectivity index (χ2n) is 7.20. The summed E-state index contributed by atoms with van der Waals surface area (Å²) in [7, 11) is 0. The van der Waals surface area contributed by atoms with Crippen LogP contribution in [0.5, 0.6) is 0 Å². The summed E-state index contributed by atoms with van der Waals surface area (Å²) in [6.45, 7) is 6.79. The minimum Gasteiger partial charge on any atom is -0.334 e. The van der Waals surface area contributed by atoms with Crippen LogP contribution in [-0.4, -0.2) is 22.6 Å². The quantitative estimate of drug-likeness (QED) is 0.689. The molecule has 1 aromatic heterocycles. The number of hydrogen-bond acceptors (Lipinski definition) is 4. The lowest BCUT2D eigenvalue weighted by Crippen LogP contribution is -2.24. The number of aromatic nitrogens is 2. The maximum absolute atomic E-state index is 12.5. The van der Waals surface area contributed by atoms with Gasteiger partial charge in [0.05, 0.1) is 0 Å². The standard InChI is InChI=1S/C22H23N3O2/c1-4-16-6-8-18(9-7-16)25-13-17(12-20(25)26)21-23-22(27-24-21)19-10-5-14(2)11-15(19)3/h5-11,17H,4,12-13H2,1-3H3. The van der Waals surface area contributed by atoms with E-state index in [0.717, 1.165) is 23.2 Å². The van der Waals surface area contributed by atoms with Gasteiger partial charge in [0.1, 0.15) is 0 Å². The van der Waals surface area contributed by atoms with Crippen LogP contribution in [-0.2, 0) is 11.2 Å². The Bertz CT molecular complexity index is 975. The van der Waals surface area contributed by atoms with E-state index in [0.29, 0.717) is 24.7 Å². The van der Waals surface area contributed by atoms with E-state index in [9.17, 15) is 4.79 Å². The topological polar surface area (TPSA) is 59.2 Å². The molecule has 1 amide bonds. The van der Waals surface area contributed by atoms with Gasteiger partial charge in [0.15, 0.2) is 5.82 Å². The summed E-state index contributed by atoms with van der Waals surface area (Å²) in [6, 6.07) is 14.3. The summed E-state index contributed by atoms with van der Waals surface area (Å²) in [6.07, 6.45) is 1.39. The van der Waals surface area contributed by atoms with E-state index in [2.05, 4.69) is 42.2 Å². The van der Waals surface area contributed by atoms with Gasteiger partial charge in [-0.15, -0.1) is 0 Å². The molecule has 0 N–H and O–H groups in total. The molecule has 27 heavy (non-hydrogen) atoms. The van der Waals surface area contributed by atoms with E-state index in [1.165, 1.54) is 11.1 Å². The van der Waals surface area contributed by atoms with E-state index in [1.54, 1.807) is 0 Å². The van der Waals surface area contributed by atoms with Crippen molar-refractivity contribution in [1.29, 1.82) is 0 Å². The van der Waals surface area contributed by atoms with Crippen molar-refractivity contribution in [3.05, 3.63) is 65.0 Å². The molecular formula is C22H23N3O2. The molecule has 4 rings (SSSR count). The van der Waals surface area contributed by atoms with Gasteiger partial charge in [0.2, 0.25) is 5.91 Å². The van der Waals surface area contributed by atoms with Crippen LogP contribution in [0.3, 0.4) is 0 Å². The fourth-order valence-corrected chi connectivity index (χ4v) is 3.61. The Morgan fingerprint density at radius 1 is 1.15 bits per heavy atom. The minimum atomic E-state index is -0.0494. The molecule has 138 valence electrons. The van der Waals surface area contributed by atoms with Gasteiger partial charge in [0, 0.05) is 30.1 Å².